The van der Waals surface area contributed by atoms with E-state index in [0.29, 0.717) is 6.54 Å². The smallest absolute Gasteiger partial charge is 0.0912 e. The molecule has 2 atom stereocenters. The summed E-state index contributed by atoms with van der Waals surface area (Å²) < 4.78 is 2.18. The first-order chi connectivity index (χ1) is 10.7. The molecule has 3 nitrogen and oxygen atoms in total. The van der Waals surface area contributed by atoms with Crippen LogP contribution in [0.5, 0.6) is 0 Å². The average Bonchev–Trinajstić information content (AvgIpc) is 2.94. The Morgan fingerprint density at radius 1 is 1.05 bits per heavy atom. The van der Waals surface area contributed by atoms with Crippen LogP contribution in [0.2, 0.25) is 0 Å². The predicted octanol–water partition coefficient (Wildman–Crippen LogP) is 3.12. The van der Waals surface area contributed by atoms with E-state index < -0.39 is 6.10 Å². The lowest BCUT2D eigenvalue weighted by atomic mass is 10.0. The van der Waals surface area contributed by atoms with E-state index in [0.717, 1.165) is 11.1 Å². The number of aryl methyl sites for hydroxylation is 1. The first-order valence-corrected chi connectivity index (χ1v) is 7.66. The van der Waals surface area contributed by atoms with Crippen molar-refractivity contribution >= 4 is 10.9 Å². The third kappa shape index (κ3) is 2.65. The van der Waals surface area contributed by atoms with Crippen molar-refractivity contribution in [3.05, 3.63) is 71.9 Å². The number of aromatic nitrogens is 1. The van der Waals surface area contributed by atoms with Crippen LogP contribution in [0.1, 0.15) is 17.2 Å². The topological polar surface area (TPSA) is 37.2 Å². The minimum absolute atomic E-state index is 0.104. The maximum atomic E-state index is 10.7. The number of rotatable bonds is 5. The number of hydrogen-bond acceptors (Lipinski definition) is 2. The fourth-order valence-electron chi connectivity index (χ4n) is 3.12. The molecule has 0 aliphatic rings. The number of likely N-dealkylation sites (N-methyl/N-ethyl adjacent to an activating group) is 1. The maximum absolute atomic E-state index is 10.7. The highest BCUT2D eigenvalue weighted by atomic mass is 16.3. The number of aliphatic hydroxyl groups is 1. The molecule has 2 aromatic carbocycles. The van der Waals surface area contributed by atoms with Gasteiger partial charge < -0.3 is 15.0 Å². The van der Waals surface area contributed by atoms with E-state index in [4.69, 9.17) is 0 Å². The Kier molecular flexibility index (Phi) is 4.27. The van der Waals surface area contributed by atoms with Gasteiger partial charge in [-0.15, -0.1) is 0 Å². The van der Waals surface area contributed by atoms with Crippen LogP contribution in [-0.4, -0.2) is 29.4 Å². The Balaban J connectivity index is 2.14. The summed E-state index contributed by atoms with van der Waals surface area (Å²) in [6, 6.07) is 18.5. The fraction of sp³-hybridized carbons (Fsp3) is 0.263. The van der Waals surface area contributed by atoms with Gasteiger partial charge in [-0.05, 0) is 37.2 Å². The summed E-state index contributed by atoms with van der Waals surface area (Å²) >= 11 is 0. The number of nitrogens with one attached hydrogen (secondary N) is 1. The zero-order valence-electron chi connectivity index (χ0n) is 13.0. The van der Waals surface area contributed by atoms with Gasteiger partial charge in [0.1, 0.15) is 0 Å². The summed E-state index contributed by atoms with van der Waals surface area (Å²) in [6.45, 7) is 2.67. The van der Waals surface area contributed by atoms with Crippen molar-refractivity contribution < 1.29 is 5.11 Å². The lowest BCUT2D eigenvalue weighted by Gasteiger charge is -2.26. The van der Waals surface area contributed by atoms with Crippen molar-refractivity contribution in [2.75, 3.05) is 13.6 Å². The molecule has 0 saturated carbocycles. The first-order valence-electron chi connectivity index (χ1n) is 7.66. The second-order valence-corrected chi connectivity index (χ2v) is 5.71. The van der Waals surface area contributed by atoms with Crippen LogP contribution in [0, 0.1) is 6.92 Å². The Morgan fingerprint density at radius 3 is 2.55 bits per heavy atom. The Morgan fingerprint density at radius 2 is 1.82 bits per heavy atom. The van der Waals surface area contributed by atoms with Crippen LogP contribution >= 0.6 is 0 Å². The molecule has 0 fully saturated rings. The molecule has 0 radical (unpaired) electrons. The quantitative estimate of drug-likeness (QED) is 0.758. The first kappa shape index (κ1) is 14.8. The SMILES string of the molecule is CNCC(O)C(c1ccccc1)n1ccc2c(C)cccc21. The number of aliphatic hydroxyl groups excluding tert-OH is 1. The molecule has 0 bridgehead atoms. The van der Waals surface area contributed by atoms with Crippen molar-refractivity contribution in [2.24, 2.45) is 0 Å². The Hall–Kier alpha value is -2.10. The Bertz CT molecular complexity index is 748. The van der Waals surface area contributed by atoms with Gasteiger partial charge in [0.05, 0.1) is 12.1 Å². The largest absolute Gasteiger partial charge is 0.389 e. The second-order valence-electron chi connectivity index (χ2n) is 5.71. The summed E-state index contributed by atoms with van der Waals surface area (Å²) in [5, 5.41) is 15.0. The molecule has 0 spiro atoms. The molecule has 22 heavy (non-hydrogen) atoms. The van der Waals surface area contributed by atoms with E-state index in [2.05, 4.69) is 59.4 Å². The van der Waals surface area contributed by atoms with E-state index in [9.17, 15) is 5.11 Å². The van der Waals surface area contributed by atoms with Crippen LogP contribution in [0.4, 0.5) is 0 Å². The van der Waals surface area contributed by atoms with E-state index in [1.54, 1.807) is 0 Å². The highest BCUT2D eigenvalue weighted by Crippen LogP contribution is 2.29. The monoisotopic (exact) mass is 294 g/mol. The highest BCUT2D eigenvalue weighted by Gasteiger charge is 2.23. The summed E-state index contributed by atoms with van der Waals surface area (Å²) in [5.74, 6) is 0. The summed E-state index contributed by atoms with van der Waals surface area (Å²) in [7, 11) is 1.86. The van der Waals surface area contributed by atoms with Crippen molar-refractivity contribution in [1.82, 2.24) is 9.88 Å². The lowest BCUT2D eigenvalue weighted by molar-refractivity contribution is 0.132. The minimum Gasteiger partial charge on any atom is -0.389 e. The van der Waals surface area contributed by atoms with Crippen molar-refractivity contribution in [3.63, 3.8) is 0 Å². The molecule has 0 amide bonds. The summed E-state index contributed by atoms with van der Waals surface area (Å²) in [5.41, 5.74) is 3.53. The maximum Gasteiger partial charge on any atom is 0.0912 e. The zero-order chi connectivity index (χ0) is 15.5. The fourth-order valence-corrected chi connectivity index (χ4v) is 3.12. The number of hydrogen-bond donors (Lipinski definition) is 2. The molecular weight excluding hydrogens is 272 g/mol. The lowest BCUT2D eigenvalue weighted by Crippen LogP contribution is -2.33. The minimum atomic E-state index is -0.497. The van der Waals surface area contributed by atoms with Gasteiger partial charge in [0.2, 0.25) is 0 Å². The molecule has 0 aliphatic carbocycles. The van der Waals surface area contributed by atoms with Crippen LogP contribution < -0.4 is 5.32 Å². The van der Waals surface area contributed by atoms with Crippen LogP contribution in [-0.2, 0) is 0 Å². The van der Waals surface area contributed by atoms with Gasteiger partial charge in [0.15, 0.2) is 0 Å². The number of fused-ring (bicyclic) bond motifs is 1. The average molecular weight is 294 g/mol. The van der Waals surface area contributed by atoms with Crippen molar-refractivity contribution in [3.8, 4) is 0 Å². The zero-order valence-corrected chi connectivity index (χ0v) is 13.0. The van der Waals surface area contributed by atoms with Gasteiger partial charge in [-0.25, -0.2) is 0 Å². The highest BCUT2D eigenvalue weighted by molar-refractivity contribution is 5.83. The van der Waals surface area contributed by atoms with E-state index in [1.165, 1.54) is 10.9 Å². The molecule has 2 unspecified atom stereocenters. The van der Waals surface area contributed by atoms with Crippen LogP contribution in [0.15, 0.2) is 60.8 Å². The molecule has 2 N–H and O–H groups in total. The summed E-state index contributed by atoms with van der Waals surface area (Å²) in [4.78, 5) is 0. The standard InChI is InChI=1S/C19H22N2O/c1-14-7-6-10-17-16(14)11-12-21(17)19(18(22)13-20-2)15-8-4-3-5-9-15/h3-12,18-20,22H,13H2,1-2H3. The van der Waals surface area contributed by atoms with Gasteiger partial charge in [-0.3, -0.25) is 0 Å². The molecule has 1 heterocycles. The molecule has 114 valence electrons. The normalized spacial score (nSPS) is 14.1. The van der Waals surface area contributed by atoms with Crippen LogP contribution in [0.3, 0.4) is 0 Å². The Labute approximate surface area is 131 Å². The third-order valence-corrected chi connectivity index (χ3v) is 4.20. The molecule has 0 aliphatic heterocycles. The molecular formula is C19H22N2O. The van der Waals surface area contributed by atoms with Gasteiger partial charge in [0.25, 0.3) is 0 Å². The summed E-state index contributed by atoms with van der Waals surface area (Å²) in [6.07, 6.45) is 1.58. The van der Waals surface area contributed by atoms with Crippen molar-refractivity contribution in [2.45, 2.75) is 19.1 Å². The molecule has 3 heteroatoms. The molecule has 1 aromatic heterocycles. The van der Waals surface area contributed by atoms with Crippen molar-refractivity contribution in [1.29, 1.82) is 0 Å². The number of nitrogens with zero attached hydrogens (tertiary/aromatic N) is 1. The van der Waals surface area contributed by atoms with E-state index in [1.807, 2.05) is 25.2 Å². The second kappa shape index (κ2) is 6.34. The molecule has 0 saturated heterocycles. The van der Waals surface area contributed by atoms with E-state index >= 15 is 0 Å². The van der Waals surface area contributed by atoms with E-state index in [-0.39, 0.29) is 6.04 Å². The predicted molar refractivity (Wildman–Crippen MR) is 91.2 cm³/mol. The van der Waals surface area contributed by atoms with Gasteiger partial charge in [-0.1, -0.05) is 42.5 Å². The molecule has 3 rings (SSSR count). The van der Waals surface area contributed by atoms with Crippen LogP contribution in [0.25, 0.3) is 10.9 Å². The van der Waals surface area contributed by atoms with Gasteiger partial charge in [-0.2, -0.15) is 0 Å². The third-order valence-electron chi connectivity index (χ3n) is 4.20. The number of benzene rings is 2. The van der Waals surface area contributed by atoms with Gasteiger partial charge in [0, 0.05) is 23.6 Å². The van der Waals surface area contributed by atoms with Gasteiger partial charge >= 0.3 is 0 Å². The molecule has 3 aromatic rings.